The van der Waals surface area contributed by atoms with Crippen LogP contribution in [-0.4, -0.2) is 66.5 Å². The van der Waals surface area contributed by atoms with Crippen LogP contribution >= 0.6 is 11.8 Å². The van der Waals surface area contributed by atoms with Crippen molar-refractivity contribution in [1.29, 1.82) is 0 Å². The first kappa shape index (κ1) is 16.6. The van der Waals surface area contributed by atoms with Crippen LogP contribution in [-0.2, 0) is 0 Å². The van der Waals surface area contributed by atoms with E-state index in [-0.39, 0.29) is 11.7 Å². The van der Waals surface area contributed by atoms with Gasteiger partial charge in [-0.25, -0.2) is 4.39 Å². The van der Waals surface area contributed by atoms with Gasteiger partial charge in [0.15, 0.2) is 11.6 Å². The second-order valence-electron chi connectivity index (χ2n) is 6.05. The van der Waals surface area contributed by atoms with Crippen LogP contribution in [0.1, 0.15) is 23.2 Å². The molecule has 0 aliphatic carbocycles. The summed E-state index contributed by atoms with van der Waals surface area (Å²) in [5.41, 5.74) is 0.494. The van der Waals surface area contributed by atoms with Crippen molar-refractivity contribution in [2.24, 2.45) is 0 Å². The molecule has 0 spiro atoms. The molecular weight excluding hydrogens is 315 g/mol. The van der Waals surface area contributed by atoms with Gasteiger partial charge in [0.05, 0.1) is 7.11 Å². The lowest BCUT2D eigenvalue weighted by Crippen LogP contribution is -2.39. The highest BCUT2D eigenvalue weighted by Crippen LogP contribution is 2.24. The fourth-order valence-corrected chi connectivity index (χ4v) is 4.55. The number of hydrogen-bond acceptors (Lipinski definition) is 4. The first-order valence-corrected chi connectivity index (χ1v) is 9.29. The van der Waals surface area contributed by atoms with Gasteiger partial charge in [0.2, 0.25) is 0 Å². The topological polar surface area (TPSA) is 32.8 Å². The van der Waals surface area contributed by atoms with Crippen LogP contribution in [0.3, 0.4) is 0 Å². The molecule has 1 amide bonds. The molecule has 0 bridgehead atoms. The minimum absolute atomic E-state index is 0.0362. The molecule has 2 aliphatic rings. The smallest absolute Gasteiger partial charge is 0.254 e. The number of halogens is 1. The van der Waals surface area contributed by atoms with Crippen LogP contribution in [0.2, 0.25) is 0 Å². The average Bonchev–Trinajstić information content (AvgIpc) is 2.99. The molecule has 0 aromatic heterocycles. The van der Waals surface area contributed by atoms with Gasteiger partial charge in [-0.2, -0.15) is 11.8 Å². The van der Waals surface area contributed by atoms with Gasteiger partial charge in [-0.3, -0.25) is 9.69 Å². The number of rotatable bonds is 3. The Bertz CT molecular complexity index is 564. The zero-order valence-electron chi connectivity index (χ0n) is 13.5. The van der Waals surface area contributed by atoms with Crippen LogP contribution < -0.4 is 4.74 Å². The maximum absolute atomic E-state index is 13.5. The van der Waals surface area contributed by atoms with E-state index in [1.165, 1.54) is 43.2 Å². The van der Waals surface area contributed by atoms with Crippen LogP contribution in [0.15, 0.2) is 18.2 Å². The Labute approximate surface area is 141 Å². The largest absolute Gasteiger partial charge is 0.494 e. The van der Waals surface area contributed by atoms with Crippen molar-refractivity contribution in [2.45, 2.75) is 18.9 Å². The Morgan fingerprint density at radius 3 is 2.91 bits per heavy atom. The highest BCUT2D eigenvalue weighted by atomic mass is 32.2. The van der Waals surface area contributed by atoms with Gasteiger partial charge in [0.25, 0.3) is 5.91 Å². The molecule has 23 heavy (non-hydrogen) atoms. The molecule has 2 fully saturated rings. The fraction of sp³-hybridized carbons (Fsp3) is 0.588. The predicted octanol–water partition coefficient (Wildman–Crippen LogP) is 2.49. The molecule has 1 atom stereocenters. The average molecular weight is 338 g/mol. The standard InChI is InChI=1S/C17H23FN2O2S/c1-22-16-11-13(3-4-15(16)18)17(21)20-7-2-6-19(8-9-20)14-5-10-23-12-14/h3-4,11,14H,2,5-10,12H2,1H3. The number of nitrogens with zero attached hydrogens (tertiary/aromatic N) is 2. The van der Waals surface area contributed by atoms with Crippen molar-refractivity contribution in [3.05, 3.63) is 29.6 Å². The lowest BCUT2D eigenvalue weighted by Gasteiger charge is -2.26. The van der Waals surface area contributed by atoms with Gasteiger partial charge in [-0.1, -0.05) is 0 Å². The number of methoxy groups -OCH3 is 1. The van der Waals surface area contributed by atoms with Crippen molar-refractivity contribution in [2.75, 3.05) is 44.8 Å². The summed E-state index contributed by atoms with van der Waals surface area (Å²) in [5.74, 6) is 2.11. The van der Waals surface area contributed by atoms with E-state index in [9.17, 15) is 9.18 Å². The molecule has 0 N–H and O–H groups in total. The van der Waals surface area contributed by atoms with E-state index in [4.69, 9.17) is 4.74 Å². The van der Waals surface area contributed by atoms with Crippen molar-refractivity contribution in [3.8, 4) is 5.75 Å². The molecule has 1 aromatic carbocycles. The monoisotopic (exact) mass is 338 g/mol. The van der Waals surface area contributed by atoms with Gasteiger partial charge in [-0.15, -0.1) is 0 Å². The molecule has 2 heterocycles. The molecule has 1 aromatic rings. The number of carbonyl (C=O) groups excluding carboxylic acids is 1. The molecule has 4 nitrogen and oxygen atoms in total. The molecule has 0 saturated carbocycles. The van der Waals surface area contributed by atoms with Gasteiger partial charge in [0.1, 0.15) is 0 Å². The second kappa shape index (κ2) is 7.53. The van der Waals surface area contributed by atoms with Crippen LogP contribution in [0.4, 0.5) is 4.39 Å². The first-order valence-electron chi connectivity index (χ1n) is 8.13. The number of carbonyl (C=O) groups is 1. The quantitative estimate of drug-likeness (QED) is 0.848. The maximum atomic E-state index is 13.5. The molecule has 126 valence electrons. The Balaban J connectivity index is 1.65. The van der Waals surface area contributed by atoms with E-state index >= 15 is 0 Å². The summed E-state index contributed by atoms with van der Waals surface area (Å²) >= 11 is 2.02. The molecule has 1 unspecified atom stereocenters. The van der Waals surface area contributed by atoms with Gasteiger partial charge in [-0.05, 0) is 36.8 Å². The van der Waals surface area contributed by atoms with Crippen molar-refractivity contribution < 1.29 is 13.9 Å². The van der Waals surface area contributed by atoms with Gasteiger partial charge >= 0.3 is 0 Å². The summed E-state index contributed by atoms with van der Waals surface area (Å²) in [6, 6.07) is 5.00. The summed E-state index contributed by atoms with van der Waals surface area (Å²) in [7, 11) is 1.41. The van der Waals surface area contributed by atoms with Gasteiger partial charge < -0.3 is 9.64 Å². The Morgan fingerprint density at radius 1 is 1.30 bits per heavy atom. The minimum Gasteiger partial charge on any atom is -0.494 e. The van der Waals surface area contributed by atoms with Crippen LogP contribution in [0, 0.1) is 5.82 Å². The number of thioether (sulfide) groups is 1. The zero-order chi connectivity index (χ0) is 16.2. The van der Waals surface area contributed by atoms with Gasteiger partial charge in [0, 0.05) is 43.5 Å². The normalized spacial score (nSPS) is 22.9. The third-order valence-electron chi connectivity index (χ3n) is 4.64. The third-order valence-corrected chi connectivity index (χ3v) is 5.78. The second-order valence-corrected chi connectivity index (χ2v) is 7.20. The summed E-state index contributed by atoms with van der Waals surface area (Å²) in [6.45, 7) is 3.48. The van der Waals surface area contributed by atoms with E-state index < -0.39 is 5.82 Å². The van der Waals surface area contributed by atoms with E-state index in [1.54, 1.807) is 0 Å². The number of hydrogen-bond donors (Lipinski definition) is 0. The predicted molar refractivity (Wildman–Crippen MR) is 90.8 cm³/mol. The Hall–Kier alpha value is -1.27. The van der Waals surface area contributed by atoms with Crippen molar-refractivity contribution >= 4 is 17.7 Å². The van der Waals surface area contributed by atoms with E-state index in [0.717, 1.165) is 32.6 Å². The SMILES string of the molecule is COc1cc(C(=O)N2CCCN(C3CCSC3)CC2)ccc1F. The minimum atomic E-state index is -0.440. The number of ether oxygens (including phenoxy) is 1. The Kier molecular flexibility index (Phi) is 5.43. The van der Waals surface area contributed by atoms with E-state index in [0.29, 0.717) is 11.6 Å². The molecule has 3 rings (SSSR count). The maximum Gasteiger partial charge on any atom is 0.254 e. The highest BCUT2D eigenvalue weighted by Gasteiger charge is 2.27. The van der Waals surface area contributed by atoms with Crippen LogP contribution in [0.5, 0.6) is 5.75 Å². The molecule has 0 radical (unpaired) electrons. The summed E-state index contributed by atoms with van der Waals surface area (Å²) in [4.78, 5) is 17.1. The van der Waals surface area contributed by atoms with Crippen molar-refractivity contribution in [3.63, 3.8) is 0 Å². The summed E-state index contributed by atoms with van der Waals surface area (Å²) in [6.07, 6.45) is 2.25. The molecular formula is C17H23FN2O2S. The summed E-state index contributed by atoms with van der Waals surface area (Å²) in [5, 5.41) is 0. The number of amides is 1. The van der Waals surface area contributed by atoms with Crippen LogP contribution in [0.25, 0.3) is 0 Å². The zero-order valence-corrected chi connectivity index (χ0v) is 14.3. The molecule has 2 aliphatic heterocycles. The Morgan fingerprint density at radius 2 is 2.17 bits per heavy atom. The fourth-order valence-electron chi connectivity index (χ4n) is 3.29. The van der Waals surface area contributed by atoms with E-state index in [2.05, 4.69) is 4.90 Å². The molecule has 2 saturated heterocycles. The van der Waals surface area contributed by atoms with Crippen molar-refractivity contribution in [1.82, 2.24) is 9.80 Å². The lowest BCUT2D eigenvalue weighted by molar-refractivity contribution is 0.0758. The molecule has 6 heteroatoms. The third kappa shape index (κ3) is 3.80. The van der Waals surface area contributed by atoms with E-state index in [1.807, 2.05) is 16.7 Å². The summed E-state index contributed by atoms with van der Waals surface area (Å²) < 4.78 is 18.5. The highest BCUT2D eigenvalue weighted by molar-refractivity contribution is 7.99. The number of benzene rings is 1. The lowest BCUT2D eigenvalue weighted by atomic mass is 10.1. The first-order chi connectivity index (χ1) is 11.2.